The van der Waals surface area contributed by atoms with E-state index in [9.17, 15) is 0 Å². The maximum atomic E-state index is 6.69. The lowest BCUT2D eigenvalue weighted by molar-refractivity contribution is 0.663. The minimum atomic E-state index is 1.07. The van der Waals surface area contributed by atoms with Gasteiger partial charge in [-0.15, -0.1) is 0 Å². The second kappa shape index (κ2) is 2.70. The molecule has 8 heavy (non-hydrogen) atoms. The number of nitrogens with zero attached hydrogens (tertiary/aromatic N) is 1. The highest BCUT2D eigenvalue weighted by Crippen LogP contribution is 2.13. The van der Waals surface area contributed by atoms with Crippen molar-refractivity contribution in [1.82, 2.24) is 5.84 Å². The zero-order valence-corrected chi connectivity index (χ0v) is 4.98. The summed E-state index contributed by atoms with van der Waals surface area (Å²) in [5.41, 5.74) is 1.09. The minimum absolute atomic E-state index is 1.07. The van der Waals surface area contributed by atoms with Crippen molar-refractivity contribution in [3.8, 4) is 0 Å². The molecule has 0 aliphatic heterocycles. The molecule has 1 N–H and O–H groups in total. The van der Waals surface area contributed by atoms with Gasteiger partial charge in [-0.2, -0.15) is 5.10 Å². The molecule has 0 aromatic heterocycles. The largest absolute Gasteiger partial charge is 0.205 e. The Morgan fingerprint density at radius 3 is 2.12 bits per heavy atom. The van der Waals surface area contributed by atoms with Crippen LogP contribution in [0.25, 0.3) is 0 Å². The maximum Gasteiger partial charge on any atom is 0.0399 e. The summed E-state index contributed by atoms with van der Waals surface area (Å²) in [4.78, 5) is 0. The predicted molar refractivity (Wildman–Crippen MR) is 33.6 cm³/mol. The molecule has 0 heterocycles. The first-order chi connectivity index (χ1) is 3.93. The zero-order chi connectivity index (χ0) is 5.82. The topological polar surface area (TPSA) is 36.2 Å². The van der Waals surface area contributed by atoms with Crippen LogP contribution in [0.3, 0.4) is 0 Å². The van der Waals surface area contributed by atoms with E-state index in [-0.39, 0.29) is 0 Å². The van der Waals surface area contributed by atoms with E-state index < -0.39 is 0 Å². The van der Waals surface area contributed by atoms with Crippen molar-refractivity contribution in [3.63, 3.8) is 0 Å². The number of hydrogen-bond donors (Lipinski definition) is 0. The third-order valence-electron chi connectivity index (χ3n) is 1.59. The molecule has 1 radical (unpaired) electrons. The summed E-state index contributed by atoms with van der Waals surface area (Å²) in [5, 5.41) is 3.41. The van der Waals surface area contributed by atoms with Crippen LogP contribution >= 0.6 is 0 Å². The second-order valence-corrected chi connectivity index (χ2v) is 2.24. The Bertz CT molecular complexity index is 88.7. The highest BCUT2D eigenvalue weighted by atomic mass is 15.1. The Balaban J connectivity index is 2.33. The van der Waals surface area contributed by atoms with E-state index >= 15 is 0 Å². The molecular formula is C6H11N2. The average molecular weight is 111 g/mol. The van der Waals surface area contributed by atoms with E-state index in [4.69, 9.17) is 5.84 Å². The van der Waals surface area contributed by atoms with Gasteiger partial charge in [-0.3, -0.25) is 0 Å². The Kier molecular flexibility index (Phi) is 1.89. The van der Waals surface area contributed by atoms with Gasteiger partial charge in [0.2, 0.25) is 0 Å². The summed E-state index contributed by atoms with van der Waals surface area (Å²) in [6.45, 7) is 0. The summed E-state index contributed by atoms with van der Waals surface area (Å²) in [5.74, 6) is 6.69. The van der Waals surface area contributed by atoms with Crippen molar-refractivity contribution in [3.05, 3.63) is 0 Å². The van der Waals surface area contributed by atoms with Crippen LogP contribution in [0, 0.1) is 0 Å². The summed E-state index contributed by atoms with van der Waals surface area (Å²) >= 11 is 0. The van der Waals surface area contributed by atoms with Crippen LogP contribution in [0.2, 0.25) is 0 Å². The first-order valence-corrected chi connectivity index (χ1v) is 3.15. The van der Waals surface area contributed by atoms with Gasteiger partial charge in [0.05, 0.1) is 0 Å². The molecule has 2 heteroatoms. The van der Waals surface area contributed by atoms with Crippen LogP contribution in [0.15, 0.2) is 5.10 Å². The molecule has 0 saturated heterocycles. The summed E-state index contributed by atoms with van der Waals surface area (Å²) in [6, 6.07) is 0. The van der Waals surface area contributed by atoms with Gasteiger partial charge in [-0.25, -0.2) is 5.84 Å². The summed E-state index contributed by atoms with van der Waals surface area (Å²) < 4.78 is 0. The number of hydrogen-bond acceptors (Lipinski definition) is 1. The molecule has 0 spiro atoms. The van der Waals surface area contributed by atoms with Gasteiger partial charge < -0.3 is 0 Å². The van der Waals surface area contributed by atoms with Gasteiger partial charge in [0, 0.05) is 5.71 Å². The summed E-state index contributed by atoms with van der Waals surface area (Å²) in [6.07, 6.45) is 5.97. The Morgan fingerprint density at radius 2 is 1.75 bits per heavy atom. The molecule has 0 unspecified atom stereocenters. The molecule has 1 saturated carbocycles. The second-order valence-electron chi connectivity index (χ2n) is 2.24. The van der Waals surface area contributed by atoms with Crippen LogP contribution in [-0.2, 0) is 0 Å². The van der Waals surface area contributed by atoms with Gasteiger partial charge in [0.1, 0.15) is 0 Å². The molecule has 1 fully saturated rings. The van der Waals surface area contributed by atoms with Crippen LogP contribution in [0.5, 0.6) is 0 Å². The molecule has 0 amide bonds. The van der Waals surface area contributed by atoms with Gasteiger partial charge in [-0.1, -0.05) is 6.42 Å². The normalized spacial score (nSPS) is 20.8. The third kappa shape index (κ3) is 1.22. The van der Waals surface area contributed by atoms with Crippen LogP contribution in [0.4, 0.5) is 0 Å². The maximum absolute atomic E-state index is 6.69. The highest BCUT2D eigenvalue weighted by molar-refractivity contribution is 5.84. The SMILES string of the molecule is [NH]N=C1CCCCC1. The lowest BCUT2D eigenvalue weighted by Crippen LogP contribution is -2.03. The fourth-order valence-electron chi connectivity index (χ4n) is 1.07. The third-order valence-corrected chi connectivity index (χ3v) is 1.59. The zero-order valence-electron chi connectivity index (χ0n) is 4.98. The Morgan fingerprint density at radius 1 is 1.12 bits per heavy atom. The molecule has 0 atom stereocenters. The van der Waals surface area contributed by atoms with E-state index in [1.165, 1.54) is 19.3 Å². The monoisotopic (exact) mass is 111 g/mol. The molecule has 1 rings (SSSR count). The van der Waals surface area contributed by atoms with E-state index in [1.54, 1.807) is 0 Å². The van der Waals surface area contributed by atoms with Crippen molar-refractivity contribution in [2.45, 2.75) is 32.1 Å². The molecule has 0 aromatic rings. The van der Waals surface area contributed by atoms with E-state index in [1.807, 2.05) is 0 Å². The lowest BCUT2D eigenvalue weighted by Gasteiger charge is -2.09. The van der Waals surface area contributed by atoms with Crippen molar-refractivity contribution in [2.24, 2.45) is 5.10 Å². The van der Waals surface area contributed by atoms with Crippen LogP contribution < -0.4 is 5.84 Å². The lowest BCUT2D eigenvalue weighted by atomic mass is 9.99. The van der Waals surface area contributed by atoms with E-state index in [0.29, 0.717) is 0 Å². The fraction of sp³-hybridized carbons (Fsp3) is 0.833. The first-order valence-electron chi connectivity index (χ1n) is 3.15. The van der Waals surface area contributed by atoms with Crippen molar-refractivity contribution in [1.29, 1.82) is 0 Å². The molecule has 0 bridgehead atoms. The molecule has 1 aliphatic rings. The predicted octanol–water partition coefficient (Wildman–Crippen LogP) is 1.59. The van der Waals surface area contributed by atoms with E-state index in [0.717, 1.165) is 18.6 Å². The van der Waals surface area contributed by atoms with Crippen molar-refractivity contribution < 1.29 is 0 Å². The first kappa shape index (κ1) is 5.60. The minimum Gasteiger partial charge on any atom is -0.205 e. The molecular weight excluding hydrogens is 100 g/mol. The molecule has 1 aliphatic carbocycles. The Labute approximate surface area is 49.8 Å². The molecule has 45 valence electrons. The van der Waals surface area contributed by atoms with E-state index in [2.05, 4.69) is 5.10 Å². The standard InChI is InChI=1S/C6H11N2/c7-8-6-4-2-1-3-5-6/h7H,1-5H2. The highest BCUT2D eigenvalue weighted by Gasteiger charge is 2.04. The molecule has 0 aromatic carbocycles. The van der Waals surface area contributed by atoms with Gasteiger partial charge in [0.25, 0.3) is 0 Å². The smallest absolute Gasteiger partial charge is 0.0399 e. The number of rotatable bonds is 0. The summed E-state index contributed by atoms with van der Waals surface area (Å²) in [7, 11) is 0. The van der Waals surface area contributed by atoms with Crippen molar-refractivity contribution >= 4 is 5.71 Å². The Hall–Kier alpha value is -0.530. The number of nitrogens with one attached hydrogen (secondary N) is 1. The fourth-order valence-corrected chi connectivity index (χ4v) is 1.07. The van der Waals surface area contributed by atoms with Gasteiger partial charge in [0.15, 0.2) is 0 Å². The van der Waals surface area contributed by atoms with Gasteiger partial charge in [-0.05, 0) is 25.7 Å². The van der Waals surface area contributed by atoms with Crippen molar-refractivity contribution in [2.75, 3.05) is 0 Å². The quantitative estimate of drug-likeness (QED) is 0.426. The molecule has 2 nitrogen and oxygen atoms in total. The van der Waals surface area contributed by atoms with Gasteiger partial charge >= 0.3 is 0 Å². The average Bonchev–Trinajstić information content (AvgIpc) is 1.90. The van der Waals surface area contributed by atoms with Crippen LogP contribution in [0.1, 0.15) is 32.1 Å². The van der Waals surface area contributed by atoms with Crippen LogP contribution in [-0.4, -0.2) is 5.71 Å².